The standard InChI is InChI=1S/C15H24N2O3.ClH/c1-12(15(18)17-9-4-3-8-16)20-11-13-6-5-7-14(10-13)19-2;/h5-7,10,12H,3-4,8-9,11,16H2,1-2H3,(H,17,18);1H. The van der Waals surface area contributed by atoms with Crippen LogP contribution in [0.2, 0.25) is 0 Å². The maximum absolute atomic E-state index is 11.8. The molecular weight excluding hydrogens is 292 g/mol. The summed E-state index contributed by atoms with van der Waals surface area (Å²) in [7, 11) is 1.62. The van der Waals surface area contributed by atoms with Crippen LogP contribution in [0.25, 0.3) is 0 Å². The van der Waals surface area contributed by atoms with Crippen molar-refractivity contribution in [1.29, 1.82) is 0 Å². The molecule has 0 saturated heterocycles. The fourth-order valence-corrected chi connectivity index (χ4v) is 1.68. The molecule has 0 heterocycles. The maximum atomic E-state index is 11.8. The maximum Gasteiger partial charge on any atom is 0.248 e. The molecule has 1 rings (SSSR count). The van der Waals surface area contributed by atoms with Gasteiger partial charge >= 0.3 is 0 Å². The summed E-state index contributed by atoms with van der Waals surface area (Å²) in [5, 5.41) is 2.83. The second kappa shape index (κ2) is 11.4. The number of hydrogen-bond donors (Lipinski definition) is 2. The Balaban J connectivity index is 0.00000400. The predicted octanol–water partition coefficient (Wildman–Crippen LogP) is 1.88. The molecule has 0 aliphatic rings. The van der Waals surface area contributed by atoms with Gasteiger partial charge < -0.3 is 20.5 Å². The molecule has 1 aromatic rings. The van der Waals surface area contributed by atoms with Gasteiger partial charge in [-0.25, -0.2) is 0 Å². The van der Waals surface area contributed by atoms with Crippen LogP contribution in [0.1, 0.15) is 25.3 Å². The number of carbonyl (C=O) groups excluding carboxylic acids is 1. The number of rotatable bonds is 9. The van der Waals surface area contributed by atoms with Gasteiger partial charge in [0.15, 0.2) is 0 Å². The number of unbranched alkanes of at least 4 members (excludes halogenated alkanes) is 1. The van der Waals surface area contributed by atoms with Crippen molar-refractivity contribution in [3.05, 3.63) is 29.8 Å². The highest BCUT2D eigenvalue weighted by molar-refractivity contribution is 5.85. The van der Waals surface area contributed by atoms with E-state index in [2.05, 4.69) is 5.32 Å². The first kappa shape index (κ1) is 19.7. The number of methoxy groups -OCH3 is 1. The first-order valence-electron chi connectivity index (χ1n) is 6.89. The third kappa shape index (κ3) is 7.90. The van der Waals surface area contributed by atoms with Crippen LogP contribution in [-0.4, -0.2) is 32.2 Å². The highest BCUT2D eigenvalue weighted by Gasteiger charge is 2.12. The molecule has 0 saturated carbocycles. The molecule has 5 nitrogen and oxygen atoms in total. The van der Waals surface area contributed by atoms with E-state index >= 15 is 0 Å². The number of benzene rings is 1. The number of nitrogens with one attached hydrogen (secondary N) is 1. The Hall–Kier alpha value is -1.30. The van der Waals surface area contributed by atoms with Crippen molar-refractivity contribution < 1.29 is 14.3 Å². The summed E-state index contributed by atoms with van der Waals surface area (Å²) in [4.78, 5) is 11.8. The zero-order valence-electron chi connectivity index (χ0n) is 12.6. The minimum atomic E-state index is -0.473. The predicted molar refractivity (Wildman–Crippen MR) is 85.8 cm³/mol. The molecular formula is C15H25ClN2O3. The number of halogens is 1. The van der Waals surface area contributed by atoms with Gasteiger partial charge in [-0.3, -0.25) is 4.79 Å². The van der Waals surface area contributed by atoms with Crippen LogP contribution in [0.3, 0.4) is 0 Å². The molecule has 1 unspecified atom stereocenters. The van der Waals surface area contributed by atoms with Crippen molar-refractivity contribution in [3.63, 3.8) is 0 Å². The molecule has 6 heteroatoms. The van der Waals surface area contributed by atoms with Crippen molar-refractivity contribution in [2.24, 2.45) is 5.73 Å². The van der Waals surface area contributed by atoms with E-state index in [1.54, 1.807) is 14.0 Å². The molecule has 1 atom stereocenters. The largest absolute Gasteiger partial charge is 0.497 e. The van der Waals surface area contributed by atoms with Crippen LogP contribution in [-0.2, 0) is 16.1 Å². The van der Waals surface area contributed by atoms with Crippen LogP contribution < -0.4 is 15.8 Å². The Morgan fingerprint density at radius 2 is 2.14 bits per heavy atom. The summed E-state index contributed by atoms with van der Waals surface area (Å²) < 4.78 is 10.7. The summed E-state index contributed by atoms with van der Waals surface area (Å²) in [5.41, 5.74) is 6.37. The second-order valence-corrected chi connectivity index (χ2v) is 4.59. The summed E-state index contributed by atoms with van der Waals surface area (Å²) in [6.45, 7) is 3.42. The molecule has 0 aliphatic carbocycles. The highest BCUT2D eigenvalue weighted by Crippen LogP contribution is 2.13. The first-order chi connectivity index (χ1) is 9.67. The monoisotopic (exact) mass is 316 g/mol. The third-order valence-electron chi connectivity index (χ3n) is 2.93. The Labute approximate surface area is 132 Å². The van der Waals surface area contributed by atoms with Crippen LogP contribution >= 0.6 is 12.4 Å². The zero-order chi connectivity index (χ0) is 14.8. The molecule has 0 bridgehead atoms. The average Bonchev–Trinajstić information content (AvgIpc) is 2.49. The van der Waals surface area contributed by atoms with Gasteiger partial charge in [-0.1, -0.05) is 12.1 Å². The zero-order valence-corrected chi connectivity index (χ0v) is 13.4. The lowest BCUT2D eigenvalue weighted by Crippen LogP contribution is -2.35. The van der Waals surface area contributed by atoms with Gasteiger partial charge in [0.1, 0.15) is 11.9 Å². The van der Waals surface area contributed by atoms with E-state index in [-0.39, 0.29) is 18.3 Å². The number of nitrogens with two attached hydrogens (primary N) is 1. The molecule has 120 valence electrons. The van der Waals surface area contributed by atoms with E-state index in [1.165, 1.54) is 0 Å². The fraction of sp³-hybridized carbons (Fsp3) is 0.533. The van der Waals surface area contributed by atoms with E-state index in [1.807, 2.05) is 24.3 Å². The first-order valence-corrected chi connectivity index (χ1v) is 6.89. The molecule has 1 amide bonds. The van der Waals surface area contributed by atoms with Gasteiger partial charge in [0.25, 0.3) is 0 Å². The van der Waals surface area contributed by atoms with Crippen LogP contribution in [0.5, 0.6) is 5.75 Å². The van der Waals surface area contributed by atoms with Crippen molar-refractivity contribution >= 4 is 18.3 Å². The molecule has 0 aromatic heterocycles. The minimum absolute atomic E-state index is 0. The highest BCUT2D eigenvalue weighted by atomic mass is 35.5. The van der Waals surface area contributed by atoms with Gasteiger partial charge in [-0.05, 0) is 44.0 Å². The van der Waals surface area contributed by atoms with Crippen molar-refractivity contribution in [1.82, 2.24) is 5.32 Å². The number of carbonyl (C=O) groups is 1. The molecule has 3 N–H and O–H groups in total. The molecule has 0 fully saturated rings. The van der Waals surface area contributed by atoms with Crippen molar-refractivity contribution in [2.75, 3.05) is 20.2 Å². The third-order valence-corrected chi connectivity index (χ3v) is 2.93. The Bertz CT molecular complexity index is 416. The Kier molecular flexibility index (Phi) is 10.7. The molecule has 21 heavy (non-hydrogen) atoms. The lowest BCUT2D eigenvalue weighted by molar-refractivity contribution is -0.132. The van der Waals surface area contributed by atoms with Crippen molar-refractivity contribution in [3.8, 4) is 5.75 Å². The molecule has 0 radical (unpaired) electrons. The SMILES string of the molecule is COc1cccc(COC(C)C(=O)NCCCCN)c1.Cl. The number of hydrogen-bond acceptors (Lipinski definition) is 4. The lowest BCUT2D eigenvalue weighted by Gasteiger charge is -2.13. The summed E-state index contributed by atoms with van der Waals surface area (Å²) in [6, 6.07) is 7.60. The summed E-state index contributed by atoms with van der Waals surface area (Å²) >= 11 is 0. The Morgan fingerprint density at radius 1 is 1.38 bits per heavy atom. The van der Waals surface area contributed by atoms with Gasteiger partial charge in [-0.2, -0.15) is 0 Å². The van der Waals surface area contributed by atoms with Gasteiger partial charge in [0, 0.05) is 6.54 Å². The van der Waals surface area contributed by atoms with Crippen LogP contribution in [0, 0.1) is 0 Å². The van der Waals surface area contributed by atoms with E-state index in [0.29, 0.717) is 19.7 Å². The number of ether oxygens (including phenoxy) is 2. The quantitative estimate of drug-likeness (QED) is 0.682. The Morgan fingerprint density at radius 3 is 2.81 bits per heavy atom. The summed E-state index contributed by atoms with van der Waals surface area (Å²) in [5.74, 6) is 0.690. The van der Waals surface area contributed by atoms with E-state index < -0.39 is 6.10 Å². The fourth-order valence-electron chi connectivity index (χ4n) is 1.68. The van der Waals surface area contributed by atoms with Gasteiger partial charge in [0.2, 0.25) is 5.91 Å². The smallest absolute Gasteiger partial charge is 0.248 e. The topological polar surface area (TPSA) is 73.6 Å². The average molecular weight is 317 g/mol. The van der Waals surface area contributed by atoms with Gasteiger partial charge in [0.05, 0.1) is 13.7 Å². The number of amides is 1. The van der Waals surface area contributed by atoms with Crippen LogP contribution in [0.4, 0.5) is 0 Å². The van der Waals surface area contributed by atoms with E-state index in [4.69, 9.17) is 15.2 Å². The van der Waals surface area contributed by atoms with E-state index in [9.17, 15) is 4.79 Å². The summed E-state index contributed by atoms with van der Waals surface area (Å²) in [6.07, 6.45) is 1.34. The minimum Gasteiger partial charge on any atom is -0.497 e. The normalized spacial score (nSPS) is 11.4. The lowest BCUT2D eigenvalue weighted by atomic mass is 10.2. The van der Waals surface area contributed by atoms with E-state index in [0.717, 1.165) is 24.2 Å². The van der Waals surface area contributed by atoms with Crippen LogP contribution in [0.15, 0.2) is 24.3 Å². The van der Waals surface area contributed by atoms with Gasteiger partial charge in [-0.15, -0.1) is 12.4 Å². The molecule has 0 aliphatic heterocycles. The van der Waals surface area contributed by atoms with Crippen molar-refractivity contribution in [2.45, 2.75) is 32.5 Å². The molecule has 1 aromatic carbocycles. The second-order valence-electron chi connectivity index (χ2n) is 4.59. The molecule has 0 spiro atoms.